The van der Waals surface area contributed by atoms with Gasteiger partial charge in [0.2, 0.25) is 5.75 Å². The SMILES string of the molecule is CCOc1cc(C(=O)NCC(=O)N/N=C/c2cccc(OC)c2OC)cc(OCC)c1OCC. The van der Waals surface area contributed by atoms with E-state index < -0.39 is 11.8 Å². The summed E-state index contributed by atoms with van der Waals surface area (Å²) in [6, 6.07) is 8.39. The van der Waals surface area contributed by atoms with Gasteiger partial charge in [-0.3, -0.25) is 9.59 Å². The summed E-state index contributed by atoms with van der Waals surface area (Å²) in [4.78, 5) is 24.8. The average Bonchev–Trinajstić information content (AvgIpc) is 2.84. The lowest BCUT2D eigenvalue weighted by Gasteiger charge is -2.17. The molecule has 0 radical (unpaired) electrons. The third-order valence-electron chi connectivity index (χ3n) is 4.41. The molecule has 10 heteroatoms. The summed E-state index contributed by atoms with van der Waals surface area (Å²) in [5.74, 6) is 1.26. The van der Waals surface area contributed by atoms with E-state index in [0.717, 1.165) is 0 Å². The molecular formula is C24H31N3O7. The van der Waals surface area contributed by atoms with Gasteiger partial charge in [0.1, 0.15) is 0 Å². The van der Waals surface area contributed by atoms with E-state index in [1.165, 1.54) is 20.4 Å². The fourth-order valence-corrected chi connectivity index (χ4v) is 3.01. The van der Waals surface area contributed by atoms with Gasteiger partial charge in [0.15, 0.2) is 23.0 Å². The molecule has 0 aromatic heterocycles. The predicted octanol–water partition coefficient (Wildman–Crippen LogP) is 2.78. The first-order valence-corrected chi connectivity index (χ1v) is 10.9. The fraction of sp³-hybridized carbons (Fsp3) is 0.375. The highest BCUT2D eigenvalue weighted by Crippen LogP contribution is 2.39. The van der Waals surface area contributed by atoms with Crippen molar-refractivity contribution in [2.45, 2.75) is 20.8 Å². The Morgan fingerprint density at radius 3 is 2.09 bits per heavy atom. The van der Waals surface area contributed by atoms with Crippen LogP contribution in [-0.2, 0) is 4.79 Å². The van der Waals surface area contributed by atoms with Crippen molar-refractivity contribution in [2.75, 3.05) is 40.6 Å². The predicted molar refractivity (Wildman–Crippen MR) is 128 cm³/mol. The minimum absolute atomic E-state index is 0.271. The van der Waals surface area contributed by atoms with Crippen molar-refractivity contribution in [3.8, 4) is 28.7 Å². The van der Waals surface area contributed by atoms with Crippen LogP contribution in [0.3, 0.4) is 0 Å². The van der Waals surface area contributed by atoms with Gasteiger partial charge in [-0.1, -0.05) is 6.07 Å². The summed E-state index contributed by atoms with van der Waals surface area (Å²) in [6.07, 6.45) is 1.43. The van der Waals surface area contributed by atoms with Crippen LogP contribution in [0, 0.1) is 0 Å². The summed E-state index contributed by atoms with van der Waals surface area (Å²) in [5.41, 5.74) is 3.26. The maximum absolute atomic E-state index is 12.7. The molecule has 0 saturated carbocycles. The number of nitrogens with zero attached hydrogens (tertiary/aromatic N) is 1. The van der Waals surface area contributed by atoms with E-state index in [1.54, 1.807) is 30.3 Å². The van der Waals surface area contributed by atoms with E-state index >= 15 is 0 Å². The van der Waals surface area contributed by atoms with Gasteiger partial charge in [0.05, 0.1) is 46.8 Å². The highest BCUT2D eigenvalue weighted by molar-refractivity contribution is 5.97. The Labute approximate surface area is 199 Å². The quantitative estimate of drug-likeness (QED) is 0.339. The second kappa shape index (κ2) is 13.6. The molecule has 0 unspecified atom stereocenters. The van der Waals surface area contributed by atoms with Crippen molar-refractivity contribution in [3.05, 3.63) is 41.5 Å². The Morgan fingerprint density at radius 1 is 0.882 bits per heavy atom. The number of ether oxygens (including phenoxy) is 5. The molecule has 0 saturated heterocycles. The Kier molecular flexibility index (Phi) is 10.5. The Morgan fingerprint density at radius 2 is 1.53 bits per heavy atom. The van der Waals surface area contributed by atoms with Crippen LogP contribution in [0.15, 0.2) is 35.4 Å². The highest BCUT2D eigenvalue weighted by atomic mass is 16.5. The standard InChI is InChI=1S/C24H31N3O7/c1-6-32-19-12-17(13-20(33-7-2)23(19)34-8-3)24(29)25-15-21(28)27-26-14-16-10-9-11-18(30-4)22(16)31-5/h9-14H,6-8,15H2,1-5H3,(H,25,29)(H,27,28)/b26-14+. The molecule has 0 heterocycles. The third kappa shape index (κ3) is 7.03. The van der Waals surface area contributed by atoms with Crippen LogP contribution in [0.2, 0.25) is 0 Å². The summed E-state index contributed by atoms with van der Waals surface area (Å²) < 4.78 is 27.4. The van der Waals surface area contributed by atoms with Crippen LogP contribution < -0.4 is 34.4 Å². The minimum atomic E-state index is -0.507. The number of hydrazone groups is 1. The van der Waals surface area contributed by atoms with E-state index in [-0.39, 0.29) is 12.1 Å². The summed E-state index contributed by atoms with van der Waals surface area (Å²) in [6.45, 7) is 6.39. The lowest BCUT2D eigenvalue weighted by Crippen LogP contribution is -2.35. The third-order valence-corrected chi connectivity index (χ3v) is 4.41. The number of rotatable bonds is 13. The molecule has 0 bridgehead atoms. The highest BCUT2D eigenvalue weighted by Gasteiger charge is 2.18. The minimum Gasteiger partial charge on any atom is -0.493 e. The van der Waals surface area contributed by atoms with Crippen molar-refractivity contribution < 1.29 is 33.3 Å². The average molecular weight is 474 g/mol. The van der Waals surface area contributed by atoms with Crippen LogP contribution in [0.4, 0.5) is 0 Å². The molecule has 2 rings (SSSR count). The van der Waals surface area contributed by atoms with Gasteiger partial charge in [-0.05, 0) is 45.0 Å². The number of hydrogen-bond donors (Lipinski definition) is 2. The first-order chi connectivity index (χ1) is 16.5. The number of methoxy groups -OCH3 is 2. The molecule has 0 fully saturated rings. The number of para-hydroxylation sites is 1. The number of hydrogen-bond acceptors (Lipinski definition) is 8. The van der Waals surface area contributed by atoms with Gasteiger partial charge in [-0.25, -0.2) is 5.43 Å². The first-order valence-electron chi connectivity index (χ1n) is 10.9. The molecule has 2 aromatic carbocycles. The normalized spacial score (nSPS) is 10.5. The molecule has 2 N–H and O–H groups in total. The van der Waals surface area contributed by atoms with Crippen molar-refractivity contribution in [1.82, 2.24) is 10.7 Å². The van der Waals surface area contributed by atoms with Crippen LogP contribution in [-0.4, -0.2) is 58.6 Å². The summed E-state index contributed by atoms with van der Waals surface area (Å²) in [7, 11) is 3.04. The molecule has 34 heavy (non-hydrogen) atoms. The number of amides is 2. The van der Waals surface area contributed by atoms with Gasteiger partial charge < -0.3 is 29.0 Å². The molecule has 0 aliphatic rings. The van der Waals surface area contributed by atoms with Crippen LogP contribution >= 0.6 is 0 Å². The van der Waals surface area contributed by atoms with Gasteiger partial charge in [0.25, 0.3) is 11.8 Å². The molecule has 10 nitrogen and oxygen atoms in total. The van der Waals surface area contributed by atoms with Gasteiger partial charge in [-0.2, -0.15) is 5.10 Å². The molecule has 2 aromatic rings. The van der Waals surface area contributed by atoms with Gasteiger partial charge >= 0.3 is 0 Å². The maximum atomic E-state index is 12.7. The van der Waals surface area contributed by atoms with Crippen LogP contribution in [0.1, 0.15) is 36.7 Å². The zero-order valence-corrected chi connectivity index (χ0v) is 20.1. The first kappa shape index (κ1) is 26.3. The van der Waals surface area contributed by atoms with Crippen molar-refractivity contribution >= 4 is 18.0 Å². The van der Waals surface area contributed by atoms with Crippen molar-refractivity contribution in [2.24, 2.45) is 5.10 Å². The van der Waals surface area contributed by atoms with E-state index in [4.69, 9.17) is 23.7 Å². The lowest BCUT2D eigenvalue weighted by atomic mass is 10.1. The van der Waals surface area contributed by atoms with Crippen molar-refractivity contribution in [3.63, 3.8) is 0 Å². The summed E-state index contributed by atoms with van der Waals surface area (Å²) >= 11 is 0. The lowest BCUT2D eigenvalue weighted by molar-refractivity contribution is -0.120. The Bertz CT molecular complexity index is 981. The van der Waals surface area contributed by atoms with E-state index in [2.05, 4.69) is 15.8 Å². The zero-order valence-electron chi connectivity index (χ0n) is 20.1. The fourth-order valence-electron chi connectivity index (χ4n) is 3.01. The molecule has 0 aliphatic heterocycles. The largest absolute Gasteiger partial charge is 0.493 e. The molecule has 0 spiro atoms. The van der Waals surface area contributed by atoms with E-state index in [9.17, 15) is 9.59 Å². The second-order valence-electron chi connectivity index (χ2n) is 6.66. The molecular weight excluding hydrogens is 442 g/mol. The smallest absolute Gasteiger partial charge is 0.259 e. The van der Waals surface area contributed by atoms with Crippen LogP contribution in [0.25, 0.3) is 0 Å². The summed E-state index contributed by atoms with van der Waals surface area (Å²) in [5, 5.41) is 6.47. The molecule has 184 valence electrons. The van der Waals surface area contributed by atoms with Gasteiger partial charge in [-0.15, -0.1) is 0 Å². The van der Waals surface area contributed by atoms with Crippen molar-refractivity contribution in [1.29, 1.82) is 0 Å². The molecule has 0 atom stereocenters. The van der Waals surface area contributed by atoms with Gasteiger partial charge in [0, 0.05) is 11.1 Å². The zero-order chi connectivity index (χ0) is 24.9. The van der Waals surface area contributed by atoms with Crippen LogP contribution in [0.5, 0.6) is 28.7 Å². The number of benzene rings is 2. The monoisotopic (exact) mass is 473 g/mol. The maximum Gasteiger partial charge on any atom is 0.259 e. The number of carbonyl (C=O) groups is 2. The number of nitrogens with one attached hydrogen (secondary N) is 2. The molecule has 0 aliphatic carbocycles. The van der Waals surface area contributed by atoms with E-state index in [0.29, 0.717) is 54.1 Å². The Balaban J connectivity index is 2.05. The van der Waals surface area contributed by atoms with E-state index in [1.807, 2.05) is 20.8 Å². The topological polar surface area (TPSA) is 117 Å². The second-order valence-corrected chi connectivity index (χ2v) is 6.66. The number of carbonyl (C=O) groups excluding carboxylic acids is 2. The molecule has 2 amide bonds. The Hall–Kier alpha value is -3.95.